The van der Waals surface area contributed by atoms with E-state index < -0.39 is 0 Å². The quantitative estimate of drug-likeness (QED) is 0.346. The van der Waals surface area contributed by atoms with Crippen LogP contribution in [0.3, 0.4) is 0 Å². The first-order valence-electron chi connectivity index (χ1n) is 8.94. The summed E-state index contributed by atoms with van der Waals surface area (Å²) >= 11 is 0. The van der Waals surface area contributed by atoms with Gasteiger partial charge in [0.05, 0.1) is 13.2 Å². The first-order chi connectivity index (χ1) is 12.9. The number of rotatable bonds is 7. The molecule has 0 radical (unpaired) electrons. The summed E-state index contributed by atoms with van der Waals surface area (Å²) in [6.07, 6.45) is 0. The van der Waals surface area contributed by atoms with Crippen molar-refractivity contribution < 1.29 is 9.13 Å². The van der Waals surface area contributed by atoms with E-state index in [0.717, 1.165) is 11.3 Å². The summed E-state index contributed by atoms with van der Waals surface area (Å²) in [5.41, 5.74) is 2.85. The Balaban J connectivity index is 0.00000392. The second kappa shape index (κ2) is 11.9. The lowest BCUT2D eigenvalue weighted by atomic mass is 10.1. The Bertz CT molecular complexity index is 766. The van der Waals surface area contributed by atoms with E-state index >= 15 is 0 Å². The van der Waals surface area contributed by atoms with Gasteiger partial charge in [-0.2, -0.15) is 0 Å². The molecule has 0 fully saturated rings. The Hall–Kier alpha value is -1.87. The van der Waals surface area contributed by atoms with Gasteiger partial charge in [0, 0.05) is 20.1 Å². The zero-order valence-corrected chi connectivity index (χ0v) is 19.5. The number of likely N-dealkylation sites (N-methyl/N-ethyl adjacent to an activating group) is 1. The largest absolute Gasteiger partial charge is 0.497 e. The summed E-state index contributed by atoms with van der Waals surface area (Å²) in [4.78, 5) is 6.44. The molecule has 5 nitrogen and oxygen atoms in total. The van der Waals surface area contributed by atoms with Gasteiger partial charge in [-0.3, -0.25) is 4.99 Å². The third-order valence-electron chi connectivity index (χ3n) is 4.49. The zero-order chi connectivity index (χ0) is 19.8. The van der Waals surface area contributed by atoms with Crippen LogP contribution in [0.5, 0.6) is 5.75 Å². The number of nitrogens with one attached hydrogen (secondary N) is 2. The first kappa shape index (κ1) is 24.2. The van der Waals surface area contributed by atoms with Crippen LogP contribution in [0, 0.1) is 12.7 Å². The summed E-state index contributed by atoms with van der Waals surface area (Å²) in [7, 11) is 7.50. The molecule has 1 unspecified atom stereocenters. The van der Waals surface area contributed by atoms with Crippen molar-refractivity contribution in [2.45, 2.75) is 19.5 Å². The summed E-state index contributed by atoms with van der Waals surface area (Å²) < 4.78 is 18.6. The lowest BCUT2D eigenvalue weighted by Crippen LogP contribution is -2.41. The fourth-order valence-electron chi connectivity index (χ4n) is 2.84. The maximum absolute atomic E-state index is 13.4. The molecule has 0 aliphatic rings. The number of guanidine groups is 1. The van der Waals surface area contributed by atoms with Crippen molar-refractivity contribution >= 4 is 29.9 Å². The van der Waals surface area contributed by atoms with Gasteiger partial charge in [-0.05, 0) is 55.9 Å². The Labute approximate surface area is 184 Å². The predicted molar refractivity (Wildman–Crippen MR) is 124 cm³/mol. The molecule has 0 aliphatic carbocycles. The van der Waals surface area contributed by atoms with Gasteiger partial charge in [0.2, 0.25) is 0 Å². The lowest BCUT2D eigenvalue weighted by molar-refractivity contribution is 0.298. The van der Waals surface area contributed by atoms with Crippen molar-refractivity contribution in [3.05, 3.63) is 65.0 Å². The molecule has 0 aromatic heterocycles. The third kappa shape index (κ3) is 6.94. The number of nitrogens with zero attached hydrogens (tertiary/aromatic N) is 2. The average Bonchev–Trinajstić information content (AvgIpc) is 2.67. The summed E-state index contributed by atoms with van der Waals surface area (Å²) in [6, 6.07) is 13.4. The van der Waals surface area contributed by atoms with Gasteiger partial charge >= 0.3 is 0 Å². The van der Waals surface area contributed by atoms with Crippen molar-refractivity contribution in [3.63, 3.8) is 0 Å². The maximum Gasteiger partial charge on any atom is 0.191 e. The molecule has 2 aromatic carbocycles. The highest BCUT2D eigenvalue weighted by Gasteiger charge is 2.15. The van der Waals surface area contributed by atoms with Crippen LogP contribution in [-0.4, -0.2) is 45.7 Å². The van der Waals surface area contributed by atoms with Crippen LogP contribution in [0.15, 0.2) is 47.5 Å². The lowest BCUT2D eigenvalue weighted by Gasteiger charge is -2.26. The number of benzene rings is 2. The van der Waals surface area contributed by atoms with Crippen LogP contribution in [0.1, 0.15) is 22.7 Å². The number of methoxy groups -OCH3 is 1. The van der Waals surface area contributed by atoms with E-state index in [0.29, 0.717) is 24.6 Å². The number of hydrogen-bond donors (Lipinski definition) is 2. The Morgan fingerprint density at radius 1 is 1.14 bits per heavy atom. The predicted octanol–water partition coefficient (Wildman–Crippen LogP) is 3.73. The second-order valence-electron chi connectivity index (χ2n) is 6.64. The molecule has 0 aliphatic heterocycles. The highest BCUT2D eigenvalue weighted by Crippen LogP contribution is 2.20. The zero-order valence-electron chi connectivity index (χ0n) is 17.1. The van der Waals surface area contributed by atoms with Gasteiger partial charge in [-0.25, -0.2) is 4.39 Å². The average molecular weight is 500 g/mol. The van der Waals surface area contributed by atoms with Gasteiger partial charge in [0.15, 0.2) is 5.96 Å². The van der Waals surface area contributed by atoms with Crippen LogP contribution in [0.2, 0.25) is 0 Å². The molecule has 154 valence electrons. The molecule has 0 saturated carbocycles. The van der Waals surface area contributed by atoms with Gasteiger partial charge in [0.25, 0.3) is 0 Å². The molecule has 7 heteroatoms. The number of ether oxygens (including phenoxy) is 1. The summed E-state index contributed by atoms with van der Waals surface area (Å²) in [5, 5.41) is 6.64. The molecular weight excluding hydrogens is 470 g/mol. The van der Waals surface area contributed by atoms with Crippen LogP contribution in [-0.2, 0) is 6.54 Å². The third-order valence-corrected chi connectivity index (χ3v) is 4.49. The molecule has 1 atom stereocenters. The topological polar surface area (TPSA) is 48.9 Å². The highest BCUT2D eigenvalue weighted by molar-refractivity contribution is 14.0. The molecule has 2 aromatic rings. The van der Waals surface area contributed by atoms with E-state index in [4.69, 9.17) is 4.74 Å². The number of hydrogen-bond acceptors (Lipinski definition) is 3. The molecule has 2 rings (SSSR count). The van der Waals surface area contributed by atoms with Crippen molar-refractivity contribution in [2.24, 2.45) is 4.99 Å². The second-order valence-corrected chi connectivity index (χ2v) is 6.64. The van der Waals surface area contributed by atoms with E-state index in [9.17, 15) is 4.39 Å². The van der Waals surface area contributed by atoms with Crippen LogP contribution in [0.4, 0.5) is 4.39 Å². The number of halogens is 2. The van der Waals surface area contributed by atoms with Gasteiger partial charge in [-0.15, -0.1) is 24.0 Å². The maximum atomic E-state index is 13.4. The van der Waals surface area contributed by atoms with Crippen LogP contribution < -0.4 is 15.4 Å². The molecular formula is C21H30FIN4O. The standard InChI is InChI=1S/C21H29FN4O.HI/c1-15-12-16(6-11-19(15)22)13-24-21(23-2)25-14-20(26(3)4)17-7-9-18(27-5)10-8-17;/h6-12,20H,13-14H2,1-5H3,(H2,23,24,25);1H. The van der Waals surface area contributed by atoms with E-state index in [1.807, 2.05) is 32.3 Å². The smallest absolute Gasteiger partial charge is 0.191 e. The summed E-state index contributed by atoms with van der Waals surface area (Å²) in [6.45, 7) is 3.04. The normalized spacial score (nSPS) is 12.3. The Morgan fingerprint density at radius 2 is 1.82 bits per heavy atom. The molecule has 0 spiro atoms. The van der Waals surface area contributed by atoms with Gasteiger partial charge < -0.3 is 20.3 Å². The minimum Gasteiger partial charge on any atom is -0.497 e. The van der Waals surface area contributed by atoms with Gasteiger partial charge in [-0.1, -0.05) is 24.3 Å². The molecule has 2 N–H and O–H groups in total. The molecule has 0 bridgehead atoms. The molecule has 28 heavy (non-hydrogen) atoms. The fourth-order valence-corrected chi connectivity index (χ4v) is 2.84. The monoisotopic (exact) mass is 500 g/mol. The van der Waals surface area contributed by atoms with Crippen molar-refractivity contribution in [1.82, 2.24) is 15.5 Å². The minimum atomic E-state index is -0.186. The highest BCUT2D eigenvalue weighted by atomic mass is 127. The van der Waals surface area contributed by atoms with Gasteiger partial charge in [0.1, 0.15) is 11.6 Å². The van der Waals surface area contributed by atoms with Crippen LogP contribution in [0.25, 0.3) is 0 Å². The van der Waals surface area contributed by atoms with Crippen LogP contribution >= 0.6 is 24.0 Å². The van der Waals surface area contributed by atoms with Crippen molar-refractivity contribution in [3.8, 4) is 5.75 Å². The van der Waals surface area contributed by atoms with E-state index in [-0.39, 0.29) is 35.8 Å². The van der Waals surface area contributed by atoms with E-state index in [1.165, 1.54) is 11.6 Å². The number of aliphatic imine (C=N–C) groups is 1. The summed E-state index contributed by atoms with van der Waals surface area (Å²) in [5.74, 6) is 1.36. The number of aryl methyl sites for hydroxylation is 1. The van der Waals surface area contributed by atoms with Crippen molar-refractivity contribution in [1.29, 1.82) is 0 Å². The SMILES string of the molecule is CN=C(NCc1ccc(F)c(C)c1)NCC(c1ccc(OC)cc1)N(C)C.I. The van der Waals surface area contributed by atoms with E-state index in [2.05, 4.69) is 32.7 Å². The molecule has 0 amide bonds. The molecule has 0 heterocycles. The van der Waals surface area contributed by atoms with E-state index in [1.54, 1.807) is 27.1 Å². The van der Waals surface area contributed by atoms with Crippen molar-refractivity contribution in [2.75, 3.05) is 34.8 Å². The first-order valence-corrected chi connectivity index (χ1v) is 8.94. The molecule has 0 saturated heterocycles. The Kier molecular flexibility index (Phi) is 10.2. The Morgan fingerprint density at radius 3 is 2.36 bits per heavy atom. The minimum absolute atomic E-state index is 0. The fraction of sp³-hybridized carbons (Fsp3) is 0.381.